The van der Waals surface area contributed by atoms with E-state index in [0.717, 1.165) is 0 Å². The summed E-state index contributed by atoms with van der Waals surface area (Å²) in [5.41, 5.74) is -0.605. The third-order valence-corrected chi connectivity index (χ3v) is 1.98. The standard InChI is InChI=1S/C9H14N2O2/c1-4-10-9(2,3)11-7(12)5-6-8(11)13/h5-6,10H,4H2,1-3H3. The quantitative estimate of drug-likeness (QED) is 0.637. The van der Waals surface area contributed by atoms with E-state index in [-0.39, 0.29) is 11.8 Å². The molecule has 0 aromatic heterocycles. The van der Waals surface area contributed by atoms with Gasteiger partial charge in [0.2, 0.25) is 0 Å². The number of carbonyl (C=O) groups excluding carboxylic acids is 2. The molecule has 1 N–H and O–H groups in total. The highest BCUT2D eigenvalue weighted by Crippen LogP contribution is 2.16. The molecule has 0 radical (unpaired) electrons. The number of hydrogen-bond donors (Lipinski definition) is 1. The smallest absolute Gasteiger partial charge is 0.255 e. The van der Waals surface area contributed by atoms with Crippen LogP contribution < -0.4 is 5.32 Å². The van der Waals surface area contributed by atoms with Gasteiger partial charge in [-0.3, -0.25) is 19.8 Å². The van der Waals surface area contributed by atoms with Crippen molar-refractivity contribution >= 4 is 11.8 Å². The van der Waals surface area contributed by atoms with Gasteiger partial charge in [-0.2, -0.15) is 0 Å². The average molecular weight is 182 g/mol. The first-order chi connectivity index (χ1) is 5.99. The van der Waals surface area contributed by atoms with Gasteiger partial charge in [-0.1, -0.05) is 6.92 Å². The van der Waals surface area contributed by atoms with E-state index in [4.69, 9.17) is 0 Å². The highest BCUT2D eigenvalue weighted by atomic mass is 16.2. The summed E-state index contributed by atoms with van der Waals surface area (Å²) in [6.45, 7) is 6.25. The SMILES string of the molecule is CCNC(C)(C)N1C(=O)C=CC1=O. The van der Waals surface area contributed by atoms with Crippen molar-refractivity contribution in [3.63, 3.8) is 0 Å². The Bertz CT molecular complexity index is 251. The fourth-order valence-corrected chi connectivity index (χ4v) is 1.46. The molecule has 4 heteroatoms. The lowest BCUT2D eigenvalue weighted by molar-refractivity contribution is -0.143. The molecule has 72 valence electrons. The molecule has 0 bridgehead atoms. The second-order valence-corrected chi connectivity index (χ2v) is 3.43. The summed E-state index contributed by atoms with van der Waals surface area (Å²) < 4.78 is 0. The molecule has 13 heavy (non-hydrogen) atoms. The lowest BCUT2D eigenvalue weighted by atomic mass is 10.2. The molecular formula is C9H14N2O2. The summed E-state index contributed by atoms with van der Waals surface area (Å²) in [5.74, 6) is -0.507. The zero-order valence-electron chi connectivity index (χ0n) is 8.13. The van der Waals surface area contributed by atoms with E-state index in [1.54, 1.807) is 13.8 Å². The maximum absolute atomic E-state index is 11.3. The Labute approximate surface area is 77.6 Å². The molecule has 1 aliphatic heterocycles. The minimum atomic E-state index is -0.605. The molecule has 4 nitrogen and oxygen atoms in total. The number of rotatable bonds is 3. The molecule has 1 rings (SSSR count). The Morgan fingerprint density at radius 2 is 1.77 bits per heavy atom. The number of nitrogens with one attached hydrogen (secondary N) is 1. The maximum Gasteiger partial charge on any atom is 0.255 e. The van der Waals surface area contributed by atoms with Crippen LogP contribution in [0.3, 0.4) is 0 Å². The summed E-state index contributed by atoms with van der Waals surface area (Å²) in [6.07, 6.45) is 2.59. The van der Waals surface area contributed by atoms with E-state index in [0.29, 0.717) is 6.54 Å². The summed E-state index contributed by atoms with van der Waals surface area (Å²) >= 11 is 0. The number of imide groups is 1. The highest BCUT2D eigenvalue weighted by Gasteiger charge is 2.36. The Hall–Kier alpha value is -1.16. The molecule has 0 aromatic carbocycles. The van der Waals surface area contributed by atoms with E-state index in [1.165, 1.54) is 17.1 Å². The highest BCUT2D eigenvalue weighted by molar-refractivity contribution is 6.13. The largest absolute Gasteiger partial charge is 0.295 e. The van der Waals surface area contributed by atoms with Crippen LogP contribution in [0, 0.1) is 0 Å². The van der Waals surface area contributed by atoms with Crippen LogP contribution in [-0.4, -0.2) is 28.9 Å². The summed E-state index contributed by atoms with van der Waals surface area (Å²) in [5, 5.41) is 3.07. The van der Waals surface area contributed by atoms with Crippen LogP contribution in [0.15, 0.2) is 12.2 Å². The molecule has 0 fully saturated rings. The monoisotopic (exact) mass is 182 g/mol. The van der Waals surface area contributed by atoms with Crippen molar-refractivity contribution in [1.29, 1.82) is 0 Å². The van der Waals surface area contributed by atoms with Crippen LogP contribution in [0.1, 0.15) is 20.8 Å². The Kier molecular flexibility index (Phi) is 2.52. The van der Waals surface area contributed by atoms with E-state index >= 15 is 0 Å². The van der Waals surface area contributed by atoms with Gasteiger partial charge in [-0.15, -0.1) is 0 Å². The minimum Gasteiger partial charge on any atom is -0.295 e. The fraction of sp³-hybridized carbons (Fsp3) is 0.556. The van der Waals surface area contributed by atoms with Crippen molar-refractivity contribution < 1.29 is 9.59 Å². The first-order valence-corrected chi connectivity index (χ1v) is 4.30. The first kappa shape index (κ1) is 9.92. The number of carbonyl (C=O) groups is 2. The molecule has 1 heterocycles. The molecule has 0 saturated heterocycles. The topological polar surface area (TPSA) is 49.4 Å². The van der Waals surface area contributed by atoms with Crippen LogP contribution in [0.2, 0.25) is 0 Å². The Morgan fingerprint density at radius 1 is 1.31 bits per heavy atom. The Balaban J connectivity index is 2.82. The molecule has 0 aliphatic carbocycles. The molecular weight excluding hydrogens is 168 g/mol. The van der Waals surface area contributed by atoms with Gasteiger partial charge >= 0.3 is 0 Å². The molecule has 0 atom stereocenters. The van der Waals surface area contributed by atoms with Crippen molar-refractivity contribution in [3.05, 3.63) is 12.2 Å². The van der Waals surface area contributed by atoms with Gasteiger partial charge in [-0.05, 0) is 20.4 Å². The van der Waals surface area contributed by atoms with Crippen LogP contribution in [-0.2, 0) is 9.59 Å². The van der Waals surface area contributed by atoms with Gasteiger partial charge in [0, 0.05) is 12.2 Å². The summed E-state index contributed by atoms with van der Waals surface area (Å²) in [4.78, 5) is 23.8. The van der Waals surface area contributed by atoms with Crippen LogP contribution in [0.25, 0.3) is 0 Å². The van der Waals surface area contributed by atoms with Gasteiger partial charge < -0.3 is 0 Å². The third-order valence-electron chi connectivity index (χ3n) is 1.98. The normalized spacial score (nSPS) is 17.3. The second-order valence-electron chi connectivity index (χ2n) is 3.43. The van der Waals surface area contributed by atoms with Crippen molar-refractivity contribution in [2.24, 2.45) is 0 Å². The number of amides is 2. The van der Waals surface area contributed by atoms with E-state index in [2.05, 4.69) is 5.32 Å². The Morgan fingerprint density at radius 3 is 2.15 bits per heavy atom. The van der Waals surface area contributed by atoms with Gasteiger partial charge in [0.05, 0.1) is 5.66 Å². The molecule has 0 aromatic rings. The molecule has 1 aliphatic rings. The lowest BCUT2D eigenvalue weighted by Crippen LogP contribution is -2.56. The van der Waals surface area contributed by atoms with Crippen molar-refractivity contribution in [3.8, 4) is 0 Å². The van der Waals surface area contributed by atoms with Crippen molar-refractivity contribution in [2.75, 3.05) is 6.54 Å². The van der Waals surface area contributed by atoms with Crippen LogP contribution >= 0.6 is 0 Å². The maximum atomic E-state index is 11.3. The van der Waals surface area contributed by atoms with Crippen LogP contribution in [0.5, 0.6) is 0 Å². The van der Waals surface area contributed by atoms with Crippen molar-refractivity contribution in [2.45, 2.75) is 26.4 Å². The zero-order valence-corrected chi connectivity index (χ0v) is 8.13. The molecule has 0 saturated carbocycles. The van der Waals surface area contributed by atoms with Gasteiger partial charge in [0.1, 0.15) is 0 Å². The summed E-state index contributed by atoms with van der Waals surface area (Å²) in [6, 6.07) is 0. The second kappa shape index (κ2) is 3.30. The molecule has 0 spiro atoms. The fourth-order valence-electron chi connectivity index (χ4n) is 1.46. The third kappa shape index (κ3) is 1.78. The lowest BCUT2D eigenvalue weighted by Gasteiger charge is -2.34. The molecule has 2 amide bonds. The van der Waals surface area contributed by atoms with Gasteiger partial charge in [0.15, 0.2) is 0 Å². The van der Waals surface area contributed by atoms with Crippen LogP contribution in [0.4, 0.5) is 0 Å². The van der Waals surface area contributed by atoms with E-state index < -0.39 is 5.66 Å². The van der Waals surface area contributed by atoms with E-state index in [9.17, 15) is 9.59 Å². The van der Waals surface area contributed by atoms with Gasteiger partial charge in [-0.25, -0.2) is 0 Å². The predicted octanol–water partition coefficient (Wildman–Crippen LogP) is 0.257. The molecule has 0 unspecified atom stereocenters. The van der Waals surface area contributed by atoms with E-state index in [1.807, 2.05) is 6.92 Å². The first-order valence-electron chi connectivity index (χ1n) is 4.30. The minimum absolute atomic E-state index is 0.254. The van der Waals surface area contributed by atoms with Crippen molar-refractivity contribution in [1.82, 2.24) is 10.2 Å². The zero-order chi connectivity index (χ0) is 10.1. The number of hydrogen-bond acceptors (Lipinski definition) is 3. The summed E-state index contributed by atoms with van der Waals surface area (Å²) in [7, 11) is 0. The average Bonchev–Trinajstić information content (AvgIpc) is 2.31. The number of nitrogens with zero attached hydrogens (tertiary/aromatic N) is 1. The van der Waals surface area contributed by atoms with Gasteiger partial charge in [0.25, 0.3) is 11.8 Å². The predicted molar refractivity (Wildman–Crippen MR) is 48.7 cm³/mol.